The van der Waals surface area contributed by atoms with Crippen LogP contribution in [-0.4, -0.2) is 5.11 Å². The second-order valence-electron chi connectivity index (χ2n) is 5.50. The van der Waals surface area contributed by atoms with Crippen LogP contribution in [0.1, 0.15) is 34.2 Å². The van der Waals surface area contributed by atoms with Crippen molar-refractivity contribution in [3.05, 3.63) is 70.0 Å². The molecule has 1 atom stereocenters. The highest BCUT2D eigenvalue weighted by Crippen LogP contribution is 2.43. The van der Waals surface area contributed by atoms with E-state index in [1.54, 1.807) is 12.1 Å². The number of benzene rings is 2. The van der Waals surface area contributed by atoms with Gasteiger partial charge in [0, 0.05) is 5.56 Å². The second-order valence-corrected chi connectivity index (χ2v) is 5.50. The van der Waals surface area contributed by atoms with Crippen LogP contribution in [0.15, 0.2) is 36.4 Å². The van der Waals surface area contributed by atoms with E-state index in [1.165, 1.54) is 6.07 Å². The molecule has 1 aliphatic rings. The molecule has 0 aromatic heterocycles. The Labute approximate surface area is 112 Å². The van der Waals surface area contributed by atoms with Gasteiger partial charge in [-0.3, -0.25) is 0 Å². The maximum Gasteiger partial charge on any atom is 0.129 e. The van der Waals surface area contributed by atoms with Gasteiger partial charge in [-0.15, -0.1) is 0 Å². The lowest BCUT2D eigenvalue weighted by molar-refractivity contribution is 0.0788. The van der Waals surface area contributed by atoms with Crippen molar-refractivity contribution in [2.24, 2.45) is 0 Å². The van der Waals surface area contributed by atoms with E-state index in [4.69, 9.17) is 0 Å². The Morgan fingerprint density at radius 2 is 1.63 bits per heavy atom. The Bertz CT molecular complexity index is 648. The standard InChI is InChI=1S/C17H17FO/c1-11-3-5-13-7-8-17(19,14(13)9-11)15-10-12(2)4-6-16(15)18/h3-6,9-10,19H,7-8H2,1-2H3. The summed E-state index contributed by atoms with van der Waals surface area (Å²) in [6, 6.07) is 11.0. The summed E-state index contributed by atoms with van der Waals surface area (Å²) < 4.78 is 14.1. The lowest BCUT2D eigenvalue weighted by atomic mass is 9.86. The SMILES string of the molecule is Cc1ccc(F)c(C2(O)CCc3ccc(C)cc32)c1. The van der Waals surface area contributed by atoms with Crippen molar-refractivity contribution in [3.63, 3.8) is 0 Å². The van der Waals surface area contributed by atoms with Crippen LogP contribution in [0, 0.1) is 19.7 Å². The molecule has 0 saturated carbocycles. The van der Waals surface area contributed by atoms with Crippen LogP contribution in [0.2, 0.25) is 0 Å². The largest absolute Gasteiger partial charge is 0.380 e. The van der Waals surface area contributed by atoms with Crippen molar-refractivity contribution in [3.8, 4) is 0 Å². The highest BCUT2D eigenvalue weighted by atomic mass is 19.1. The molecule has 2 aromatic rings. The van der Waals surface area contributed by atoms with Crippen molar-refractivity contribution < 1.29 is 9.50 Å². The second kappa shape index (κ2) is 4.17. The highest BCUT2D eigenvalue weighted by molar-refractivity contribution is 5.47. The van der Waals surface area contributed by atoms with Crippen LogP contribution in [0.4, 0.5) is 4.39 Å². The van der Waals surface area contributed by atoms with Gasteiger partial charge in [0.2, 0.25) is 0 Å². The van der Waals surface area contributed by atoms with E-state index in [9.17, 15) is 9.50 Å². The Balaban J connectivity index is 2.21. The topological polar surface area (TPSA) is 20.2 Å². The summed E-state index contributed by atoms with van der Waals surface area (Å²) in [4.78, 5) is 0. The summed E-state index contributed by atoms with van der Waals surface area (Å²) in [6.45, 7) is 3.91. The smallest absolute Gasteiger partial charge is 0.129 e. The van der Waals surface area contributed by atoms with Crippen molar-refractivity contribution in [2.45, 2.75) is 32.3 Å². The summed E-state index contributed by atoms with van der Waals surface area (Å²) in [5.74, 6) is -0.331. The summed E-state index contributed by atoms with van der Waals surface area (Å²) in [5, 5.41) is 11.0. The first-order valence-electron chi connectivity index (χ1n) is 6.60. The van der Waals surface area contributed by atoms with Gasteiger partial charge in [0.05, 0.1) is 0 Å². The van der Waals surface area contributed by atoms with E-state index >= 15 is 0 Å². The molecule has 3 rings (SSSR count). The predicted octanol–water partition coefficient (Wildman–Crippen LogP) is 3.62. The maximum absolute atomic E-state index is 14.1. The Kier molecular flexibility index (Phi) is 2.72. The predicted molar refractivity (Wildman–Crippen MR) is 73.6 cm³/mol. The van der Waals surface area contributed by atoms with E-state index in [-0.39, 0.29) is 5.82 Å². The summed E-state index contributed by atoms with van der Waals surface area (Å²) in [5.41, 5.74) is 3.25. The third kappa shape index (κ3) is 1.87. The minimum atomic E-state index is -1.18. The minimum absolute atomic E-state index is 0.331. The average molecular weight is 256 g/mol. The fourth-order valence-corrected chi connectivity index (χ4v) is 2.98. The Morgan fingerprint density at radius 1 is 1.00 bits per heavy atom. The number of halogens is 1. The van der Waals surface area contributed by atoms with Crippen LogP contribution in [-0.2, 0) is 12.0 Å². The van der Waals surface area contributed by atoms with E-state index in [0.717, 1.165) is 28.7 Å². The molecule has 0 fully saturated rings. The molecule has 1 unspecified atom stereocenters. The maximum atomic E-state index is 14.1. The molecule has 0 spiro atoms. The number of fused-ring (bicyclic) bond motifs is 1. The number of aliphatic hydroxyl groups is 1. The van der Waals surface area contributed by atoms with Gasteiger partial charge in [0.25, 0.3) is 0 Å². The first-order chi connectivity index (χ1) is 9.00. The molecule has 1 N–H and O–H groups in total. The van der Waals surface area contributed by atoms with Gasteiger partial charge in [0.15, 0.2) is 0 Å². The molecule has 19 heavy (non-hydrogen) atoms. The normalized spacial score (nSPS) is 21.5. The van der Waals surface area contributed by atoms with E-state index in [2.05, 4.69) is 0 Å². The fraction of sp³-hybridized carbons (Fsp3) is 0.294. The minimum Gasteiger partial charge on any atom is -0.380 e. The molecular weight excluding hydrogens is 239 g/mol. The van der Waals surface area contributed by atoms with Crippen LogP contribution in [0.5, 0.6) is 0 Å². The van der Waals surface area contributed by atoms with Gasteiger partial charge in [-0.25, -0.2) is 4.39 Å². The summed E-state index contributed by atoms with van der Waals surface area (Å²) >= 11 is 0. The number of hydrogen-bond donors (Lipinski definition) is 1. The zero-order valence-corrected chi connectivity index (χ0v) is 11.2. The molecule has 0 amide bonds. The number of hydrogen-bond acceptors (Lipinski definition) is 1. The lowest BCUT2D eigenvalue weighted by Crippen LogP contribution is -2.25. The highest BCUT2D eigenvalue weighted by Gasteiger charge is 2.40. The summed E-state index contributed by atoms with van der Waals surface area (Å²) in [7, 11) is 0. The van der Waals surface area contributed by atoms with E-state index in [1.807, 2.05) is 32.0 Å². The van der Waals surface area contributed by atoms with E-state index < -0.39 is 5.60 Å². The molecule has 0 bridgehead atoms. The van der Waals surface area contributed by atoms with Crippen LogP contribution in [0.3, 0.4) is 0 Å². The molecule has 0 heterocycles. The molecule has 0 radical (unpaired) electrons. The molecule has 0 aliphatic heterocycles. The lowest BCUT2D eigenvalue weighted by Gasteiger charge is -2.26. The molecule has 2 aromatic carbocycles. The molecule has 1 nitrogen and oxygen atoms in total. The van der Waals surface area contributed by atoms with Gasteiger partial charge in [0.1, 0.15) is 11.4 Å². The molecule has 98 valence electrons. The monoisotopic (exact) mass is 256 g/mol. The van der Waals surface area contributed by atoms with Crippen LogP contribution < -0.4 is 0 Å². The first kappa shape index (κ1) is 12.4. The molecule has 0 saturated heterocycles. The fourth-order valence-electron chi connectivity index (χ4n) is 2.98. The van der Waals surface area contributed by atoms with Gasteiger partial charge in [-0.1, -0.05) is 35.4 Å². The zero-order valence-electron chi connectivity index (χ0n) is 11.2. The van der Waals surface area contributed by atoms with Gasteiger partial charge < -0.3 is 5.11 Å². The van der Waals surface area contributed by atoms with Crippen molar-refractivity contribution in [2.75, 3.05) is 0 Å². The third-order valence-electron chi connectivity index (χ3n) is 4.03. The van der Waals surface area contributed by atoms with Gasteiger partial charge in [-0.2, -0.15) is 0 Å². The van der Waals surface area contributed by atoms with Gasteiger partial charge in [-0.05, 0) is 49.9 Å². The Morgan fingerprint density at radius 3 is 2.37 bits per heavy atom. The van der Waals surface area contributed by atoms with Crippen molar-refractivity contribution >= 4 is 0 Å². The molecule has 2 heteroatoms. The van der Waals surface area contributed by atoms with E-state index in [0.29, 0.717) is 12.0 Å². The third-order valence-corrected chi connectivity index (χ3v) is 4.03. The van der Waals surface area contributed by atoms with Crippen LogP contribution in [0.25, 0.3) is 0 Å². The molecule has 1 aliphatic carbocycles. The van der Waals surface area contributed by atoms with Gasteiger partial charge >= 0.3 is 0 Å². The zero-order chi connectivity index (χ0) is 13.6. The number of aryl methyl sites for hydroxylation is 3. The van der Waals surface area contributed by atoms with Crippen LogP contribution >= 0.6 is 0 Å². The quantitative estimate of drug-likeness (QED) is 0.826. The summed E-state index contributed by atoms with van der Waals surface area (Å²) in [6.07, 6.45) is 1.34. The van der Waals surface area contributed by atoms with Crippen molar-refractivity contribution in [1.82, 2.24) is 0 Å². The molecular formula is C17H17FO. The average Bonchev–Trinajstić information content (AvgIpc) is 2.71. The Hall–Kier alpha value is -1.67. The van der Waals surface area contributed by atoms with Crippen molar-refractivity contribution in [1.29, 1.82) is 0 Å². The first-order valence-corrected chi connectivity index (χ1v) is 6.60. The number of rotatable bonds is 1.